The van der Waals surface area contributed by atoms with Gasteiger partial charge >= 0.3 is 5.97 Å². The third kappa shape index (κ3) is 5.18. The normalized spacial score (nSPS) is 14.1. The number of ether oxygens (including phenoxy) is 2. The van der Waals surface area contributed by atoms with Gasteiger partial charge in [-0.05, 0) is 24.6 Å². The maximum atomic E-state index is 12.1. The minimum Gasteiger partial charge on any atom is -0.452 e. The molecule has 0 aromatic heterocycles. The summed E-state index contributed by atoms with van der Waals surface area (Å²) in [6.07, 6.45) is 0. The Hall–Kier alpha value is -2.61. The number of nitrogen functional groups attached to an aromatic ring is 1. The molecule has 1 aliphatic rings. The highest BCUT2D eigenvalue weighted by molar-refractivity contribution is 5.93. The molecule has 0 unspecified atom stereocenters. The molecule has 2 N–H and O–H groups in total. The number of benzene rings is 1. The fourth-order valence-corrected chi connectivity index (χ4v) is 2.29. The van der Waals surface area contributed by atoms with Crippen LogP contribution in [0.25, 0.3) is 0 Å². The number of aryl methyl sites for hydroxylation is 1. The van der Waals surface area contributed by atoms with E-state index in [1.54, 1.807) is 17.0 Å². The molecule has 2 amide bonds. The summed E-state index contributed by atoms with van der Waals surface area (Å²) in [4.78, 5) is 39.0. The summed E-state index contributed by atoms with van der Waals surface area (Å²) in [6, 6.07) is 4.80. The van der Waals surface area contributed by atoms with Crippen LogP contribution in [0.4, 0.5) is 5.69 Å². The van der Waals surface area contributed by atoms with E-state index in [2.05, 4.69) is 0 Å². The van der Waals surface area contributed by atoms with Gasteiger partial charge in [0.15, 0.2) is 6.61 Å². The van der Waals surface area contributed by atoms with Gasteiger partial charge in [-0.2, -0.15) is 0 Å². The van der Waals surface area contributed by atoms with Crippen molar-refractivity contribution < 1.29 is 23.9 Å². The fourth-order valence-electron chi connectivity index (χ4n) is 2.29. The highest BCUT2D eigenvalue weighted by Gasteiger charge is 2.21. The Labute approximate surface area is 146 Å². The number of hydrogen-bond donors (Lipinski definition) is 1. The van der Waals surface area contributed by atoms with E-state index < -0.39 is 18.5 Å². The quantitative estimate of drug-likeness (QED) is 0.595. The number of carbonyl (C=O) groups excluding carboxylic acids is 3. The third-order valence-corrected chi connectivity index (χ3v) is 4.00. The first-order valence-electron chi connectivity index (χ1n) is 8.01. The van der Waals surface area contributed by atoms with E-state index in [0.29, 0.717) is 32.0 Å². The van der Waals surface area contributed by atoms with Gasteiger partial charge in [0.05, 0.1) is 25.3 Å². The van der Waals surface area contributed by atoms with Crippen LogP contribution in [0.15, 0.2) is 18.2 Å². The molecule has 1 aliphatic heterocycles. The van der Waals surface area contributed by atoms with Crippen molar-refractivity contribution in [1.29, 1.82) is 0 Å². The average Bonchev–Trinajstić information content (AvgIpc) is 2.62. The number of morpholine rings is 1. The lowest BCUT2D eigenvalue weighted by Gasteiger charge is -2.28. The first-order chi connectivity index (χ1) is 11.9. The summed E-state index contributed by atoms with van der Waals surface area (Å²) in [6.45, 7) is 3.37. The SMILES string of the molecule is Cc1ccc(C(=O)OCC(=O)N(C)CC(=O)N2CCOCC2)cc1N. The molecule has 1 aromatic rings. The van der Waals surface area contributed by atoms with E-state index in [-0.39, 0.29) is 18.0 Å². The minimum atomic E-state index is -0.632. The number of nitrogens with zero attached hydrogens (tertiary/aromatic N) is 2. The second kappa shape index (κ2) is 8.48. The van der Waals surface area contributed by atoms with Gasteiger partial charge in [-0.1, -0.05) is 6.07 Å². The van der Waals surface area contributed by atoms with Crippen molar-refractivity contribution in [2.75, 3.05) is 52.2 Å². The molecule has 1 aromatic carbocycles. The highest BCUT2D eigenvalue weighted by Crippen LogP contribution is 2.13. The van der Waals surface area contributed by atoms with Gasteiger partial charge in [0.25, 0.3) is 5.91 Å². The molecule has 0 spiro atoms. The Morgan fingerprint density at radius 1 is 1.28 bits per heavy atom. The standard InChI is InChI=1S/C17H23N3O5/c1-12-3-4-13(9-14(12)18)17(23)25-11-16(22)19(2)10-15(21)20-5-7-24-8-6-20/h3-4,9H,5-8,10-11,18H2,1-2H3. The van der Waals surface area contributed by atoms with Gasteiger partial charge in [0, 0.05) is 25.8 Å². The van der Waals surface area contributed by atoms with Gasteiger partial charge in [0.1, 0.15) is 0 Å². The Morgan fingerprint density at radius 2 is 1.96 bits per heavy atom. The molecule has 0 aliphatic carbocycles. The Kier molecular flexibility index (Phi) is 6.35. The molecular formula is C17H23N3O5. The average molecular weight is 349 g/mol. The predicted octanol–water partition coefficient (Wildman–Crippen LogP) is 0.0512. The molecule has 1 heterocycles. The van der Waals surface area contributed by atoms with Crippen LogP contribution in [0.1, 0.15) is 15.9 Å². The van der Waals surface area contributed by atoms with Crippen LogP contribution in [0.2, 0.25) is 0 Å². The summed E-state index contributed by atoms with van der Waals surface area (Å²) in [7, 11) is 1.50. The molecule has 0 radical (unpaired) electrons. The lowest BCUT2D eigenvalue weighted by atomic mass is 10.1. The minimum absolute atomic E-state index is 0.0616. The van der Waals surface area contributed by atoms with Crippen LogP contribution in [-0.4, -0.2) is 74.1 Å². The van der Waals surface area contributed by atoms with Crippen LogP contribution in [-0.2, 0) is 19.1 Å². The smallest absolute Gasteiger partial charge is 0.338 e. The van der Waals surface area contributed by atoms with E-state index in [4.69, 9.17) is 15.2 Å². The molecule has 1 saturated heterocycles. The van der Waals surface area contributed by atoms with E-state index >= 15 is 0 Å². The van der Waals surface area contributed by atoms with Crippen LogP contribution in [0.3, 0.4) is 0 Å². The number of anilines is 1. The Morgan fingerprint density at radius 3 is 2.60 bits per heavy atom. The number of esters is 1. The summed E-state index contributed by atoms with van der Waals surface area (Å²) in [5.41, 5.74) is 7.37. The summed E-state index contributed by atoms with van der Waals surface area (Å²) in [5, 5.41) is 0. The van der Waals surface area contributed by atoms with Crippen molar-refractivity contribution in [1.82, 2.24) is 9.80 Å². The maximum absolute atomic E-state index is 12.1. The monoisotopic (exact) mass is 349 g/mol. The third-order valence-electron chi connectivity index (χ3n) is 4.00. The molecular weight excluding hydrogens is 326 g/mol. The lowest BCUT2D eigenvalue weighted by Crippen LogP contribution is -2.46. The molecule has 8 heteroatoms. The van der Waals surface area contributed by atoms with Crippen molar-refractivity contribution in [3.05, 3.63) is 29.3 Å². The predicted molar refractivity (Wildman–Crippen MR) is 90.9 cm³/mol. The van der Waals surface area contributed by atoms with Gasteiger partial charge in [-0.25, -0.2) is 4.79 Å². The number of likely N-dealkylation sites (N-methyl/N-ethyl adjacent to an activating group) is 1. The second-order valence-corrected chi connectivity index (χ2v) is 5.89. The zero-order chi connectivity index (χ0) is 18.4. The van der Waals surface area contributed by atoms with Crippen molar-refractivity contribution in [3.8, 4) is 0 Å². The van der Waals surface area contributed by atoms with E-state index in [1.807, 2.05) is 6.92 Å². The van der Waals surface area contributed by atoms with E-state index in [9.17, 15) is 14.4 Å². The van der Waals surface area contributed by atoms with E-state index in [1.165, 1.54) is 18.0 Å². The largest absolute Gasteiger partial charge is 0.452 e. The van der Waals surface area contributed by atoms with Crippen LogP contribution < -0.4 is 5.73 Å². The summed E-state index contributed by atoms with van der Waals surface area (Å²) in [5.74, 6) is -1.24. The van der Waals surface area contributed by atoms with Gasteiger partial charge in [0.2, 0.25) is 5.91 Å². The van der Waals surface area contributed by atoms with Crippen molar-refractivity contribution >= 4 is 23.5 Å². The van der Waals surface area contributed by atoms with Crippen molar-refractivity contribution in [2.24, 2.45) is 0 Å². The second-order valence-electron chi connectivity index (χ2n) is 5.89. The molecule has 1 fully saturated rings. The van der Waals surface area contributed by atoms with Gasteiger partial charge in [-0.15, -0.1) is 0 Å². The maximum Gasteiger partial charge on any atom is 0.338 e. The molecule has 0 bridgehead atoms. The zero-order valence-electron chi connectivity index (χ0n) is 14.5. The number of rotatable bonds is 5. The summed E-state index contributed by atoms with van der Waals surface area (Å²) >= 11 is 0. The molecule has 0 atom stereocenters. The highest BCUT2D eigenvalue weighted by atomic mass is 16.5. The number of carbonyl (C=O) groups is 3. The number of nitrogens with two attached hydrogens (primary N) is 1. The van der Waals surface area contributed by atoms with Gasteiger partial charge in [-0.3, -0.25) is 9.59 Å². The molecule has 0 saturated carbocycles. The first-order valence-corrected chi connectivity index (χ1v) is 8.01. The molecule has 8 nitrogen and oxygen atoms in total. The lowest BCUT2D eigenvalue weighted by molar-refractivity contribution is -0.143. The topological polar surface area (TPSA) is 102 Å². The van der Waals surface area contributed by atoms with Gasteiger partial charge < -0.3 is 25.0 Å². The molecule has 25 heavy (non-hydrogen) atoms. The van der Waals surface area contributed by atoms with Crippen LogP contribution in [0, 0.1) is 6.92 Å². The fraction of sp³-hybridized carbons (Fsp3) is 0.471. The number of amides is 2. The van der Waals surface area contributed by atoms with Crippen molar-refractivity contribution in [3.63, 3.8) is 0 Å². The first kappa shape index (κ1) is 18.7. The molecule has 2 rings (SSSR count). The van der Waals surface area contributed by atoms with Crippen molar-refractivity contribution in [2.45, 2.75) is 6.92 Å². The Bertz CT molecular complexity index is 656. The Balaban J connectivity index is 1.81. The summed E-state index contributed by atoms with van der Waals surface area (Å²) < 4.78 is 10.2. The molecule has 136 valence electrons. The zero-order valence-corrected chi connectivity index (χ0v) is 14.5. The number of hydrogen-bond acceptors (Lipinski definition) is 6. The van der Waals surface area contributed by atoms with E-state index in [0.717, 1.165) is 5.56 Å². The van der Waals surface area contributed by atoms with Crippen LogP contribution in [0.5, 0.6) is 0 Å². The van der Waals surface area contributed by atoms with Crippen LogP contribution >= 0.6 is 0 Å².